The first-order chi connectivity index (χ1) is 11.9. The smallest absolute Gasteiger partial charge is 0.259 e. The Kier molecular flexibility index (Phi) is 5.50. The maximum Gasteiger partial charge on any atom is 0.259 e. The van der Waals surface area contributed by atoms with Gasteiger partial charge in [-0.1, -0.05) is 0 Å². The van der Waals surface area contributed by atoms with Crippen molar-refractivity contribution >= 4 is 39.2 Å². The second-order valence-electron chi connectivity index (χ2n) is 6.62. The van der Waals surface area contributed by atoms with Gasteiger partial charge in [0.1, 0.15) is 10.7 Å². The summed E-state index contributed by atoms with van der Waals surface area (Å²) in [7, 11) is 0. The fourth-order valence-electron chi connectivity index (χ4n) is 3.11. The molecule has 136 valence electrons. The summed E-state index contributed by atoms with van der Waals surface area (Å²) in [5.41, 5.74) is 6.87. The van der Waals surface area contributed by atoms with Crippen LogP contribution in [0.3, 0.4) is 0 Å². The highest BCUT2D eigenvalue weighted by atomic mass is 32.2. The van der Waals surface area contributed by atoms with Crippen LogP contribution in [0.4, 0.5) is 0 Å². The normalized spacial score (nSPS) is 19.4. The van der Waals surface area contributed by atoms with Crippen molar-refractivity contribution in [3.05, 3.63) is 26.6 Å². The summed E-state index contributed by atoms with van der Waals surface area (Å²) in [5, 5.41) is 0.501. The van der Waals surface area contributed by atoms with Crippen molar-refractivity contribution < 1.29 is 4.79 Å². The zero-order valence-electron chi connectivity index (χ0n) is 14.8. The van der Waals surface area contributed by atoms with Crippen molar-refractivity contribution in [2.45, 2.75) is 50.7 Å². The van der Waals surface area contributed by atoms with E-state index in [1.807, 2.05) is 25.7 Å². The first kappa shape index (κ1) is 18.4. The molecule has 2 atom stereocenters. The number of fused-ring (bicyclic) bond motifs is 1. The number of nitrogens with zero attached hydrogens (tertiary/aromatic N) is 2. The van der Waals surface area contributed by atoms with E-state index in [1.54, 1.807) is 11.3 Å². The Labute approximate surface area is 155 Å². The van der Waals surface area contributed by atoms with Gasteiger partial charge in [0, 0.05) is 24.0 Å². The molecule has 2 aromatic rings. The summed E-state index contributed by atoms with van der Waals surface area (Å²) in [6.07, 6.45) is 1.95. The molecular formula is C17H24N4O2S2. The molecule has 1 aliphatic heterocycles. The van der Waals surface area contributed by atoms with Crippen molar-refractivity contribution in [3.63, 3.8) is 0 Å². The van der Waals surface area contributed by atoms with Crippen LogP contribution < -0.4 is 11.3 Å². The number of carbonyl (C=O) groups excluding carboxylic acids is 1. The monoisotopic (exact) mass is 380 g/mol. The molecular weight excluding hydrogens is 356 g/mol. The molecule has 1 amide bonds. The van der Waals surface area contributed by atoms with Gasteiger partial charge in [0.25, 0.3) is 5.56 Å². The van der Waals surface area contributed by atoms with Crippen molar-refractivity contribution in [2.75, 3.05) is 13.1 Å². The molecule has 0 radical (unpaired) electrons. The second-order valence-corrected chi connectivity index (χ2v) is 9.15. The average Bonchev–Trinajstić information content (AvgIpc) is 2.86. The molecule has 25 heavy (non-hydrogen) atoms. The zero-order valence-corrected chi connectivity index (χ0v) is 16.4. The largest absolute Gasteiger partial charge is 0.340 e. The molecule has 0 saturated carbocycles. The Morgan fingerprint density at radius 1 is 1.52 bits per heavy atom. The molecule has 0 aliphatic carbocycles. The maximum absolute atomic E-state index is 12.6. The Bertz CT molecular complexity index is 845. The van der Waals surface area contributed by atoms with E-state index in [0.717, 1.165) is 34.7 Å². The lowest BCUT2D eigenvalue weighted by atomic mass is 10.1. The highest BCUT2D eigenvalue weighted by Gasteiger charge is 2.25. The van der Waals surface area contributed by atoms with Crippen molar-refractivity contribution in [1.82, 2.24) is 14.9 Å². The maximum atomic E-state index is 12.6. The molecule has 1 saturated heterocycles. The predicted octanol–water partition coefficient (Wildman–Crippen LogP) is 2.17. The highest BCUT2D eigenvalue weighted by Crippen LogP contribution is 2.27. The summed E-state index contributed by atoms with van der Waals surface area (Å²) in [4.78, 5) is 36.0. The van der Waals surface area contributed by atoms with Crippen LogP contribution >= 0.6 is 23.1 Å². The van der Waals surface area contributed by atoms with E-state index < -0.39 is 0 Å². The number of thioether (sulfide) groups is 1. The Morgan fingerprint density at radius 2 is 2.28 bits per heavy atom. The minimum Gasteiger partial charge on any atom is -0.340 e. The molecule has 6 nitrogen and oxygen atoms in total. The van der Waals surface area contributed by atoms with E-state index in [4.69, 9.17) is 5.73 Å². The third-order valence-corrected chi connectivity index (χ3v) is 6.92. The Hall–Kier alpha value is -1.38. The average molecular weight is 381 g/mol. The third kappa shape index (κ3) is 3.91. The van der Waals surface area contributed by atoms with E-state index in [0.29, 0.717) is 23.5 Å². The van der Waals surface area contributed by atoms with E-state index in [2.05, 4.69) is 9.97 Å². The van der Waals surface area contributed by atoms with Crippen molar-refractivity contribution in [2.24, 2.45) is 5.73 Å². The first-order valence-electron chi connectivity index (χ1n) is 8.51. The molecule has 0 bridgehead atoms. The number of aryl methyl sites for hydroxylation is 2. The van der Waals surface area contributed by atoms with Crippen LogP contribution in [0.25, 0.3) is 10.2 Å². The second kappa shape index (κ2) is 7.47. The predicted molar refractivity (Wildman–Crippen MR) is 104 cm³/mol. The summed E-state index contributed by atoms with van der Waals surface area (Å²) in [6.45, 7) is 7.27. The Balaban J connectivity index is 1.67. The topological polar surface area (TPSA) is 92.1 Å². The van der Waals surface area contributed by atoms with Crippen molar-refractivity contribution in [3.8, 4) is 0 Å². The van der Waals surface area contributed by atoms with Gasteiger partial charge in [-0.05, 0) is 39.2 Å². The number of piperidine rings is 1. The number of nitrogens with two attached hydrogens (primary N) is 1. The van der Waals surface area contributed by atoms with Gasteiger partial charge in [-0.25, -0.2) is 4.98 Å². The summed E-state index contributed by atoms with van der Waals surface area (Å²) >= 11 is 3.04. The molecule has 3 N–H and O–H groups in total. The first-order valence-corrected chi connectivity index (χ1v) is 10.4. The third-order valence-electron chi connectivity index (χ3n) is 4.68. The van der Waals surface area contributed by atoms with Crippen LogP contribution in [0.15, 0.2) is 4.79 Å². The van der Waals surface area contributed by atoms with E-state index in [9.17, 15) is 9.59 Å². The number of hydrogen-bond donors (Lipinski definition) is 2. The number of carbonyl (C=O) groups is 1. The molecule has 0 spiro atoms. The molecule has 3 rings (SSSR count). The number of hydrogen-bond acceptors (Lipinski definition) is 6. The number of nitrogens with one attached hydrogen (secondary N) is 1. The van der Waals surface area contributed by atoms with Gasteiger partial charge >= 0.3 is 0 Å². The Morgan fingerprint density at radius 3 is 3.00 bits per heavy atom. The van der Waals surface area contributed by atoms with Gasteiger partial charge in [-0.3, -0.25) is 9.59 Å². The van der Waals surface area contributed by atoms with Gasteiger partial charge in [-0.15, -0.1) is 23.1 Å². The molecule has 8 heteroatoms. The number of likely N-dealkylation sites (tertiary alicyclic amines) is 1. The molecule has 3 heterocycles. The molecule has 1 fully saturated rings. The zero-order chi connectivity index (χ0) is 18.1. The van der Waals surface area contributed by atoms with E-state index >= 15 is 0 Å². The standard InChI is InChI=1S/C17H24N4O2S2/c1-9-10(2)25-16-14(9)15(22)19-13(20-16)8-24-11(3)17(23)21-6-4-5-12(18)7-21/h11-12H,4-8,18H2,1-3H3,(H,19,20,22). The molecule has 1 aliphatic rings. The molecule has 2 aromatic heterocycles. The van der Waals surface area contributed by atoms with Crippen LogP contribution in [0.5, 0.6) is 0 Å². The van der Waals surface area contributed by atoms with Gasteiger partial charge in [0.2, 0.25) is 5.91 Å². The van der Waals surface area contributed by atoms with Crippen LogP contribution in [0.2, 0.25) is 0 Å². The molecule has 2 unspecified atom stereocenters. The lowest BCUT2D eigenvalue weighted by Crippen LogP contribution is -2.48. The van der Waals surface area contributed by atoms with Gasteiger partial charge in [0.05, 0.1) is 16.4 Å². The minimum absolute atomic E-state index is 0.0839. The van der Waals surface area contributed by atoms with E-state index in [1.165, 1.54) is 11.8 Å². The minimum atomic E-state index is -0.182. The quantitative estimate of drug-likeness (QED) is 0.848. The fourth-order valence-corrected chi connectivity index (χ4v) is 5.00. The summed E-state index contributed by atoms with van der Waals surface area (Å²) < 4.78 is 0. The van der Waals surface area contributed by atoms with Crippen LogP contribution in [-0.4, -0.2) is 45.2 Å². The number of rotatable bonds is 4. The highest BCUT2D eigenvalue weighted by molar-refractivity contribution is 7.99. The lowest BCUT2D eigenvalue weighted by molar-refractivity contribution is -0.131. The molecule has 0 aromatic carbocycles. The SMILES string of the molecule is Cc1sc2nc(CSC(C)C(=O)N3CCCC(N)C3)[nH]c(=O)c2c1C. The summed E-state index contributed by atoms with van der Waals surface area (Å²) in [5.74, 6) is 1.25. The van der Waals surface area contributed by atoms with Gasteiger partial charge in [-0.2, -0.15) is 0 Å². The van der Waals surface area contributed by atoms with E-state index in [-0.39, 0.29) is 22.8 Å². The number of aromatic nitrogens is 2. The fraction of sp³-hybridized carbons (Fsp3) is 0.588. The number of amides is 1. The number of aromatic amines is 1. The number of thiophene rings is 1. The van der Waals surface area contributed by atoms with Crippen LogP contribution in [-0.2, 0) is 10.5 Å². The number of H-pyrrole nitrogens is 1. The lowest BCUT2D eigenvalue weighted by Gasteiger charge is -2.32. The van der Waals surface area contributed by atoms with Crippen molar-refractivity contribution in [1.29, 1.82) is 0 Å². The van der Waals surface area contributed by atoms with Crippen LogP contribution in [0, 0.1) is 13.8 Å². The summed E-state index contributed by atoms with van der Waals surface area (Å²) in [6, 6.07) is 0.0839. The van der Waals surface area contributed by atoms with Gasteiger partial charge in [0.15, 0.2) is 0 Å². The van der Waals surface area contributed by atoms with Gasteiger partial charge < -0.3 is 15.6 Å². The van der Waals surface area contributed by atoms with Crippen LogP contribution in [0.1, 0.15) is 36.0 Å².